The highest BCUT2D eigenvalue weighted by molar-refractivity contribution is 5.69. The highest BCUT2D eigenvalue weighted by atomic mass is 16.6. The molecule has 1 amide bonds. The zero-order valence-corrected chi connectivity index (χ0v) is 7.40. The molecule has 2 heterocycles. The van der Waals surface area contributed by atoms with Crippen molar-refractivity contribution in [1.82, 2.24) is 10.2 Å². The van der Waals surface area contributed by atoms with Gasteiger partial charge >= 0.3 is 6.09 Å². The summed E-state index contributed by atoms with van der Waals surface area (Å²) in [6, 6.07) is 0. The van der Waals surface area contributed by atoms with Crippen molar-refractivity contribution in [2.24, 2.45) is 0 Å². The number of rotatable bonds is 2. The van der Waals surface area contributed by atoms with E-state index in [0.29, 0.717) is 13.1 Å². The molecule has 2 atom stereocenters. The van der Waals surface area contributed by atoms with Gasteiger partial charge in [-0.2, -0.15) is 0 Å². The molecular weight excluding hydrogens is 172 g/mol. The van der Waals surface area contributed by atoms with Gasteiger partial charge in [-0.1, -0.05) is 0 Å². The Hall–Kier alpha value is -0.810. The number of hydrogen-bond acceptors (Lipinski definition) is 4. The van der Waals surface area contributed by atoms with Gasteiger partial charge in [0.1, 0.15) is 6.10 Å². The van der Waals surface area contributed by atoms with E-state index in [1.807, 2.05) is 0 Å². The maximum atomic E-state index is 10.7. The number of nitrogens with one attached hydrogen (secondary N) is 1. The number of carbonyl (C=O) groups excluding carboxylic acids is 1. The number of aliphatic hydroxyl groups is 1. The molecule has 0 bridgehead atoms. The van der Waals surface area contributed by atoms with E-state index in [0.717, 1.165) is 19.5 Å². The number of hydrogen-bond donors (Lipinski definition) is 2. The van der Waals surface area contributed by atoms with Crippen LogP contribution in [0, 0.1) is 0 Å². The molecule has 1 unspecified atom stereocenters. The van der Waals surface area contributed by atoms with Crippen LogP contribution in [0.4, 0.5) is 4.79 Å². The van der Waals surface area contributed by atoms with Crippen LogP contribution in [0.5, 0.6) is 0 Å². The molecule has 5 nitrogen and oxygen atoms in total. The predicted molar refractivity (Wildman–Crippen MR) is 45.3 cm³/mol. The van der Waals surface area contributed by atoms with Crippen LogP contribution >= 0.6 is 0 Å². The third-order valence-electron chi connectivity index (χ3n) is 2.46. The Morgan fingerprint density at radius 1 is 1.69 bits per heavy atom. The molecule has 13 heavy (non-hydrogen) atoms. The summed E-state index contributed by atoms with van der Waals surface area (Å²) in [6.45, 7) is 2.92. The summed E-state index contributed by atoms with van der Waals surface area (Å²) in [7, 11) is 0. The number of β-amino-alcohol motifs (C(OH)–C–C–N with tert-alkyl or cyclic N) is 1. The van der Waals surface area contributed by atoms with E-state index in [-0.39, 0.29) is 18.3 Å². The zero-order chi connectivity index (χ0) is 9.26. The van der Waals surface area contributed by atoms with Crippen molar-refractivity contribution in [1.29, 1.82) is 0 Å². The Kier molecular flexibility index (Phi) is 2.37. The molecule has 2 rings (SSSR count). The maximum Gasteiger partial charge on any atom is 0.407 e. The molecule has 0 aliphatic carbocycles. The van der Waals surface area contributed by atoms with Crippen LogP contribution in [0.1, 0.15) is 6.42 Å². The number of carbonyl (C=O) groups is 1. The third-order valence-corrected chi connectivity index (χ3v) is 2.46. The molecule has 0 aromatic heterocycles. The molecular formula is C8H14N2O3. The quantitative estimate of drug-likeness (QED) is 0.590. The van der Waals surface area contributed by atoms with Crippen LogP contribution in [-0.2, 0) is 4.74 Å². The van der Waals surface area contributed by atoms with Crippen LogP contribution in [0.3, 0.4) is 0 Å². The first-order valence-corrected chi connectivity index (χ1v) is 4.59. The SMILES string of the molecule is O=C1NCC(CN2CC[C@@H](O)C2)O1. The highest BCUT2D eigenvalue weighted by Gasteiger charge is 2.28. The molecule has 0 radical (unpaired) electrons. The van der Waals surface area contributed by atoms with Crippen LogP contribution in [-0.4, -0.2) is 54.5 Å². The first-order chi connectivity index (χ1) is 6.24. The Morgan fingerprint density at radius 2 is 2.54 bits per heavy atom. The topological polar surface area (TPSA) is 61.8 Å². The third kappa shape index (κ3) is 2.10. The lowest BCUT2D eigenvalue weighted by Gasteiger charge is -2.17. The van der Waals surface area contributed by atoms with E-state index in [1.54, 1.807) is 0 Å². The number of cyclic esters (lactones) is 1. The molecule has 0 aromatic carbocycles. The summed E-state index contributed by atoms with van der Waals surface area (Å²) >= 11 is 0. The van der Waals surface area contributed by atoms with Crippen LogP contribution in [0.15, 0.2) is 0 Å². The van der Waals surface area contributed by atoms with E-state index in [2.05, 4.69) is 10.2 Å². The Bertz CT molecular complexity index is 210. The lowest BCUT2D eigenvalue weighted by Crippen LogP contribution is -2.33. The average molecular weight is 186 g/mol. The lowest BCUT2D eigenvalue weighted by molar-refractivity contribution is 0.109. The van der Waals surface area contributed by atoms with E-state index < -0.39 is 0 Å². The van der Waals surface area contributed by atoms with Gasteiger partial charge < -0.3 is 15.2 Å². The molecule has 0 aromatic rings. The normalized spacial score (nSPS) is 34.7. The fraction of sp³-hybridized carbons (Fsp3) is 0.875. The van der Waals surface area contributed by atoms with Crippen molar-refractivity contribution < 1.29 is 14.6 Å². The van der Waals surface area contributed by atoms with Crippen LogP contribution in [0.25, 0.3) is 0 Å². The highest BCUT2D eigenvalue weighted by Crippen LogP contribution is 2.11. The van der Waals surface area contributed by atoms with E-state index in [4.69, 9.17) is 4.74 Å². The van der Waals surface area contributed by atoms with Gasteiger partial charge in [0.25, 0.3) is 0 Å². The number of amides is 1. The molecule has 0 saturated carbocycles. The molecule has 0 spiro atoms. The second kappa shape index (κ2) is 3.51. The van der Waals surface area contributed by atoms with Gasteiger partial charge in [-0.3, -0.25) is 4.90 Å². The fourth-order valence-corrected chi connectivity index (χ4v) is 1.80. The van der Waals surface area contributed by atoms with Gasteiger partial charge in [0.2, 0.25) is 0 Å². The van der Waals surface area contributed by atoms with Crippen molar-refractivity contribution in [3.63, 3.8) is 0 Å². The number of ether oxygens (including phenoxy) is 1. The van der Waals surface area contributed by atoms with Crippen LogP contribution in [0.2, 0.25) is 0 Å². The smallest absolute Gasteiger partial charge is 0.407 e. The number of nitrogens with zero attached hydrogens (tertiary/aromatic N) is 1. The summed E-state index contributed by atoms with van der Waals surface area (Å²) in [5.41, 5.74) is 0. The fourth-order valence-electron chi connectivity index (χ4n) is 1.80. The zero-order valence-electron chi connectivity index (χ0n) is 7.40. The largest absolute Gasteiger partial charge is 0.443 e. The predicted octanol–water partition coefficient (Wildman–Crippen LogP) is -0.839. The van der Waals surface area contributed by atoms with E-state index >= 15 is 0 Å². The average Bonchev–Trinajstić information content (AvgIpc) is 2.62. The molecule has 2 fully saturated rings. The van der Waals surface area contributed by atoms with Gasteiger partial charge in [0.05, 0.1) is 12.6 Å². The molecule has 2 saturated heterocycles. The molecule has 2 aliphatic heterocycles. The van der Waals surface area contributed by atoms with Gasteiger partial charge in [-0.15, -0.1) is 0 Å². The van der Waals surface area contributed by atoms with Gasteiger partial charge in [0, 0.05) is 19.6 Å². The summed E-state index contributed by atoms with van der Waals surface area (Å²) in [5.74, 6) is 0. The van der Waals surface area contributed by atoms with Crippen molar-refractivity contribution >= 4 is 6.09 Å². The van der Waals surface area contributed by atoms with Gasteiger partial charge in [-0.05, 0) is 6.42 Å². The van der Waals surface area contributed by atoms with E-state index in [9.17, 15) is 9.90 Å². The number of aliphatic hydroxyl groups excluding tert-OH is 1. The minimum absolute atomic E-state index is 0.0437. The summed E-state index contributed by atoms with van der Waals surface area (Å²) in [4.78, 5) is 12.8. The van der Waals surface area contributed by atoms with Crippen molar-refractivity contribution in [3.8, 4) is 0 Å². The Morgan fingerprint density at radius 3 is 3.08 bits per heavy atom. The number of alkyl carbamates (subject to hydrolysis) is 1. The summed E-state index contributed by atoms with van der Waals surface area (Å²) in [5, 5.41) is 11.9. The Balaban J connectivity index is 1.75. The van der Waals surface area contributed by atoms with E-state index in [1.165, 1.54) is 0 Å². The molecule has 2 N–H and O–H groups in total. The molecule has 5 heteroatoms. The standard InChI is InChI=1S/C8H14N2O3/c11-6-1-2-10(4-6)5-7-3-9-8(12)13-7/h6-7,11H,1-5H2,(H,9,12)/t6-,7?/m1/s1. The second-order valence-electron chi connectivity index (χ2n) is 3.61. The van der Waals surface area contributed by atoms with Gasteiger partial charge in [0.15, 0.2) is 0 Å². The second-order valence-corrected chi connectivity index (χ2v) is 3.61. The minimum atomic E-state index is -0.329. The number of likely N-dealkylation sites (tertiary alicyclic amines) is 1. The first-order valence-electron chi connectivity index (χ1n) is 4.59. The lowest BCUT2D eigenvalue weighted by atomic mass is 10.3. The van der Waals surface area contributed by atoms with Crippen molar-refractivity contribution in [2.45, 2.75) is 18.6 Å². The van der Waals surface area contributed by atoms with Crippen molar-refractivity contribution in [2.75, 3.05) is 26.2 Å². The van der Waals surface area contributed by atoms with Crippen molar-refractivity contribution in [3.05, 3.63) is 0 Å². The maximum absolute atomic E-state index is 10.7. The molecule has 74 valence electrons. The Labute approximate surface area is 76.7 Å². The monoisotopic (exact) mass is 186 g/mol. The first kappa shape index (κ1) is 8.77. The van der Waals surface area contributed by atoms with Crippen LogP contribution < -0.4 is 5.32 Å². The molecule has 2 aliphatic rings. The summed E-state index contributed by atoms with van der Waals surface area (Å²) < 4.78 is 4.99. The minimum Gasteiger partial charge on any atom is -0.443 e. The summed E-state index contributed by atoms with van der Waals surface area (Å²) in [6.07, 6.45) is 0.251. The van der Waals surface area contributed by atoms with Gasteiger partial charge in [-0.25, -0.2) is 4.79 Å².